The van der Waals surface area contributed by atoms with E-state index in [1.54, 1.807) is 0 Å². The molecule has 1 heterocycles. The molecule has 5 nitrogen and oxygen atoms in total. The summed E-state index contributed by atoms with van der Waals surface area (Å²) in [5.74, 6) is 0.649. The van der Waals surface area contributed by atoms with E-state index in [9.17, 15) is 9.59 Å². The first-order valence-electron chi connectivity index (χ1n) is 8.86. The lowest BCUT2D eigenvalue weighted by Gasteiger charge is -2.26. The first-order chi connectivity index (χ1) is 10.6. The van der Waals surface area contributed by atoms with Crippen molar-refractivity contribution in [2.45, 2.75) is 47.0 Å². The molecular formula is C17H33N3O2. The maximum atomic E-state index is 12.5. The van der Waals surface area contributed by atoms with E-state index in [2.05, 4.69) is 18.7 Å². The van der Waals surface area contributed by atoms with Crippen LogP contribution in [0.25, 0.3) is 0 Å². The Morgan fingerprint density at radius 2 is 1.59 bits per heavy atom. The number of nitrogens with zero attached hydrogens (tertiary/aromatic N) is 3. The van der Waals surface area contributed by atoms with E-state index >= 15 is 0 Å². The number of likely N-dealkylation sites (N-methyl/N-ethyl adjacent to an activating group) is 1. The van der Waals surface area contributed by atoms with Gasteiger partial charge in [0.25, 0.3) is 0 Å². The summed E-state index contributed by atoms with van der Waals surface area (Å²) < 4.78 is 0. The molecule has 22 heavy (non-hydrogen) atoms. The molecular weight excluding hydrogens is 278 g/mol. The zero-order valence-corrected chi connectivity index (χ0v) is 14.8. The molecule has 0 aromatic carbocycles. The minimum Gasteiger partial charge on any atom is -0.342 e. The molecule has 0 spiro atoms. The zero-order valence-electron chi connectivity index (χ0n) is 14.8. The molecule has 1 aliphatic rings. The van der Waals surface area contributed by atoms with E-state index in [0.29, 0.717) is 12.5 Å². The Balaban J connectivity index is 2.52. The monoisotopic (exact) mass is 311 g/mol. The molecule has 5 heteroatoms. The Labute approximate surface area is 135 Å². The molecule has 1 aliphatic heterocycles. The average molecular weight is 311 g/mol. The molecule has 1 fully saturated rings. The van der Waals surface area contributed by atoms with Crippen molar-refractivity contribution < 1.29 is 9.59 Å². The van der Waals surface area contributed by atoms with E-state index in [1.165, 1.54) is 0 Å². The molecule has 0 saturated carbocycles. The van der Waals surface area contributed by atoms with Crippen LogP contribution >= 0.6 is 0 Å². The molecule has 0 aromatic heterocycles. The van der Waals surface area contributed by atoms with Crippen LogP contribution in [-0.2, 0) is 9.59 Å². The Kier molecular flexibility index (Phi) is 8.46. The van der Waals surface area contributed by atoms with E-state index < -0.39 is 0 Å². The molecule has 128 valence electrons. The van der Waals surface area contributed by atoms with Gasteiger partial charge in [-0.2, -0.15) is 0 Å². The number of carbonyl (C=O) groups is 2. The van der Waals surface area contributed by atoms with Crippen molar-refractivity contribution in [3.05, 3.63) is 0 Å². The maximum absolute atomic E-state index is 12.5. The quantitative estimate of drug-likeness (QED) is 0.720. The van der Waals surface area contributed by atoms with Crippen LogP contribution in [0.4, 0.5) is 0 Å². The van der Waals surface area contributed by atoms with Crippen molar-refractivity contribution in [2.24, 2.45) is 5.92 Å². The number of rotatable bonds is 7. The third kappa shape index (κ3) is 5.27. The number of hydrogen-bond acceptors (Lipinski definition) is 3. The number of hydrogen-bond donors (Lipinski definition) is 0. The van der Waals surface area contributed by atoms with Crippen LogP contribution in [0.5, 0.6) is 0 Å². The van der Waals surface area contributed by atoms with Gasteiger partial charge in [-0.3, -0.25) is 14.5 Å². The third-order valence-electron chi connectivity index (χ3n) is 4.71. The van der Waals surface area contributed by atoms with Gasteiger partial charge in [-0.15, -0.1) is 0 Å². The fraction of sp³-hybridized carbons (Fsp3) is 0.882. The Hall–Kier alpha value is -1.10. The van der Waals surface area contributed by atoms with Crippen LogP contribution in [0.1, 0.15) is 47.0 Å². The molecule has 0 radical (unpaired) electrons. The summed E-state index contributed by atoms with van der Waals surface area (Å²) in [5.41, 5.74) is 0. The summed E-state index contributed by atoms with van der Waals surface area (Å²) in [4.78, 5) is 30.7. The van der Waals surface area contributed by atoms with E-state index in [0.717, 1.165) is 58.5 Å². The van der Waals surface area contributed by atoms with Crippen molar-refractivity contribution in [2.75, 3.05) is 45.8 Å². The van der Waals surface area contributed by atoms with Crippen LogP contribution in [0.15, 0.2) is 0 Å². The van der Waals surface area contributed by atoms with Crippen LogP contribution in [-0.4, -0.2) is 72.3 Å². The Morgan fingerprint density at radius 1 is 0.955 bits per heavy atom. The molecule has 1 rings (SSSR count). The summed E-state index contributed by atoms with van der Waals surface area (Å²) in [6, 6.07) is 0. The van der Waals surface area contributed by atoms with Gasteiger partial charge >= 0.3 is 0 Å². The molecule has 0 bridgehead atoms. The van der Waals surface area contributed by atoms with Crippen molar-refractivity contribution in [1.82, 2.24) is 14.7 Å². The zero-order chi connectivity index (χ0) is 16.5. The van der Waals surface area contributed by atoms with Gasteiger partial charge in [0.2, 0.25) is 11.8 Å². The van der Waals surface area contributed by atoms with Crippen LogP contribution in [0.2, 0.25) is 0 Å². The van der Waals surface area contributed by atoms with Gasteiger partial charge in [0.05, 0.1) is 6.54 Å². The summed E-state index contributed by atoms with van der Waals surface area (Å²) in [6.07, 6.45) is 2.78. The largest absolute Gasteiger partial charge is 0.342 e. The van der Waals surface area contributed by atoms with Crippen LogP contribution < -0.4 is 0 Å². The highest BCUT2D eigenvalue weighted by Gasteiger charge is 2.25. The van der Waals surface area contributed by atoms with E-state index in [4.69, 9.17) is 0 Å². The topological polar surface area (TPSA) is 43.9 Å². The molecule has 1 saturated heterocycles. The van der Waals surface area contributed by atoms with Gasteiger partial charge in [-0.05, 0) is 33.1 Å². The lowest BCUT2D eigenvalue weighted by atomic mass is 10.0. The minimum atomic E-state index is 0.156. The predicted molar refractivity (Wildman–Crippen MR) is 89.6 cm³/mol. The van der Waals surface area contributed by atoms with Gasteiger partial charge < -0.3 is 9.80 Å². The van der Waals surface area contributed by atoms with E-state index in [1.807, 2.05) is 23.6 Å². The highest BCUT2D eigenvalue weighted by molar-refractivity contribution is 5.79. The lowest BCUT2D eigenvalue weighted by Crippen LogP contribution is -2.42. The van der Waals surface area contributed by atoms with Gasteiger partial charge in [0.1, 0.15) is 0 Å². The van der Waals surface area contributed by atoms with Crippen LogP contribution in [0.3, 0.4) is 0 Å². The summed E-state index contributed by atoms with van der Waals surface area (Å²) in [5, 5.41) is 0. The van der Waals surface area contributed by atoms with Gasteiger partial charge in [0, 0.05) is 45.2 Å². The van der Waals surface area contributed by atoms with Crippen molar-refractivity contribution >= 4 is 11.8 Å². The van der Waals surface area contributed by atoms with Crippen LogP contribution in [0, 0.1) is 5.92 Å². The highest BCUT2D eigenvalue weighted by Crippen LogP contribution is 2.14. The van der Waals surface area contributed by atoms with Crippen molar-refractivity contribution in [3.8, 4) is 0 Å². The summed E-state index contributed by atoms with van der Waals surface area (Å²) in [7, 11) is 0. The average Bonchev–Trinajstić information content (AvgIpc) is 2.75. The van der Waals surface area contributed by atoms with Gasteiger partial charge in [-0.1, -0.05) is 13.8 Å². The maximum Gasteiger partial charge on any atom is 0.236 e. The van der Waals surface area contributed by atoms with Gasteiger partial charge in [0.15, 0.2) is 0 Å². The molecule has 0 aliphatic carbocycles. The Morgan fingerprint density at radius 3 is 2.14 bits per heavy atom. The highest BCUT2D eigenvalue weighted by atomic mass is 16.2. The molecule has 0 N–H and O–H groups in total. The second kappa shape index (κ2) is 9.82. The first kappa shape index (κ1) is 18.9. The summed E-state index contributed by atoms with van der Waals surface area (Å²) in [6.45, 7) is 13.5. The molecule has 0 aromatic rings. The SMILES string of the molecule is CCC(CC)C(=O)N1CCCN(CC(=O)N(CC)CC)CC1. The number of carbonyl (C=O) groups excluding carboxylic acids is 2. The summed E-state index contributed by atoms with van der Waals surface area (Å²) >= 11 is 0. The third-order valence-corrected chi connectivity index (χ3v) is 4.71. The molecule has 0 unspecified atom stereocenters. The minimum absolute atomic E-state index is 0.156. The molecule has 0 atom stereocenters. The smallest absolute Gasteiger partial charge is 0.236 e. The fourth-order valence-corrected chi connectivity index (χ4v) is 3.11. The van der Waals surface area contributed by atoms with E-state index in [-0.39, 0.29) is 11.8 Å². The fourth-order valence-electron chi connectivity index (χ4n) is 3.11. The lowest BCUT2D eigenvalue weighted by molar-refractivity contribution is -0.135. The first-order valence-corrected chi connectivity index (χ1v) is 8.86. The number of amides is 2. The van der Waals surface area contributed by atoms with Crippen molar-refractivity contribution in [3.63, 3.8) is 0 Å². The standard InChI is InChI=1S/C17H33N3O2/c1-5-15(6-2)17(22)20-11-9-10-18(12-13-20)14-16(21)19(7-3)8-4/h15H,5-14H2,1-4H3. The Bertz CT molecular complexity index is 352. The predicted octanol–water partition coefficient (Wildman–Crippen LogP) is 1.83. The van der Waals surface area contributed by atoms with Crippen molar-refractivity contribution in [1.29, 1.82) is 0 Å². The second-order valence-corrected chi connectivity index (χ2v) is 6.03. The second-order valence-electron chi connectivity index (χ2n) is 6.03. The van der Waals surface area contributed by atoms with Gasteiger partial charge in [-0.25, -0.2) is 0 Å². The normalized spacial score (nSPS) is 16.7. The molecule has 2 amide bonds.